The molecular formula is C58H72O2Si4. The van der Waals surface area contributed by atoms with E-state index in [0.29, 0.717) is 13.2 Å². The van der Waals surface area contributed by atoms with E-state index in [2.05, 4.69) is 222 Å². The first-order chi connectivity index (χ1) is 31.2. The number of hydrogen-bond acceptors (Lipinski definition) is 2. The predicted octanol–water partition coefficient (Wildman–Crippen LogP) is 11.5. The van der Waals surface area contributed by atoms with Gasteiger partial charge in [-0.2, -0.15) is 0 Å². The SMILES string of the molecule is CCCCCC/C(=C1\CO[Si](c2ccccc2)(c2ccccc2)/C(=C(/CCCCCC)[Si](C)(C)c2ccccc2)CO[Si]1(c1ccccc1)c1ccccc1)[Si](C)(C)c1ccccc1. The summed E-state index contributed by atoms with van der Waals surface area (Å²) in [6.07, 6.45) is 11.8. The van der Waals surface area contributed by atoms with Crippen molar-refractivity contribution in [1.29, 1.82) is 0 Å². The summed E-state index contributed by atoms with van der Waals surface area (Å²) in [5.74, 6) is 0. The van der Waals surface area contributed by atoms with Crippen LogP contribution in [0.15, 0.2) is 203 Å². The molecule has 0 radical (unpaired) electrons. The summed E-state index contributed by atoms with van der Waals surface area (Å²) in [4.78, 5) is 0. The minimum atomic E-state index is -3.26. The van der Waals surface area contributed by atoms with Crippen LogP contribution in [0.3, 0.4) is 0 Å². The normalized spacial score (nSPS) is 17.0. The van der Waals surface area contributed by atoms with Gasteiger partial charge >= 0.3 is 0 Å². The molecule has 0 amide bonds. The standard InChI is InChI=1S/C58H72O2Si4/c1-7-9-11-31-45-55(61(3,4)49-33-19-13-20-34-49)57-47-59-64(53-41-27-17-28-42-53,54-43-29-18-30-44-54)58(56(46-32-12-10-8-2)62(5,6)50-35-21-14-22-36-50)48-60-63(57,51-37-23-15-24-38-51)52-39-25-16-26-40-52/h13-30,33-44H,7-12,31-32,45-48H2,1-6H3/b57-55-,58-56-. The highest BCUT2D eigenvalue weighted by molar-refractivity contribution is 7.08. The lowest BCUT2D eigenvalue weighted by Crippen LogP contribution is -2.71. The molecule has 0 aromatic heterocycles. The predicted molar refractivity (Wildman–Crippen MR) is 286 cm³/mol. The van der Waals surface area contributed by atoms with Crippen LogP contribution in [0.1, 0.15) is 78.1 Å². The smallest absolute Gasteiger partial charge is 0.286 e. The molecule has 0 unspecified atom stereocenters. The van der Waals surface area contributed by atoms with Crippen molar-refractivity contribution in [1.82, 2.24) is 0 Å². The van der Waals surface area contributed by atoms with Crippen molar-refractivity contribution < 1.29 is 8.85 Å². The third-order valence-electron chi connectivity index (χ3n) is 14.2. The lowest BCUT2D eigenvalue weighted by molar-refractivity contribution is 0.310. The van der Waals surface area contributed by atoms with Gasteiger partial charge in [-0.3, -0.25) is 0 Å². The lowest BCUT2D eigenvalue weighted by Gasteiger charge is -2.47. The number of allylic oxidation sites excluding steroid dienone is 2. The average molecular weight is 914 g/mol. The van der Waals surface area contributed by atoms with Crippen molar-refractivity contribution in [2.45, 2.75) is 104 Å². The van der Waals surface area contributed by atoms with E-state index in [1.165, 1.54) is 80.0 Å². The van der Waals surface area contributed by atoms with Crippen molar-refractivity contribution in [3.05, 3.63) is 203 Å². The van der Waals surface area contributed by atoms with Gasteiger partial charge in [-0.1, -0.05) is 281 Å². The Hall–Kier alpha value is -4.41. The molecule has 0 spiro atoms. The van der Waals surface area contributed by atoms with E-state index >= 15 is 0 Å². The van der Waals surface area contributed by atoms with Gasteiger partial charge in [-0.25, -0.2) is 0 Å². The summed E-state index contributed by atoms with van der Waals surface area (Å²) in [7, 11) is -11.2. The number of benzene rings is 6. The summed E-state index contributed by atoms with van der Waals surface area (Å²) in [6.45, 7) is 16.1. The van der Waals surface area contributed by atoms with Crippen LogP contribution in [-0.4, -0.2) is 46.0 Å². The average Bonchev–Trinajstić information content (AvgIpc) is 3.34. The molecule has 1 heterocycles. The first kappa shape index (κ1) is 47.5. The molecule has 1 fully saturated rings. The van der Waals surface area contributed by atoms with Gasteiger partial charge in [-0.05, 0) is 56.8 Å². The summed E-state index contributed by atoms with van der Waals surface area (Å²) in [5, 5.41) is 14.3. The third kappa shape index (κ3) is 10.0. The fraction of sp³-hybridized carbons (Fsp3) is 0.310. The molecular weight excluding hydrogens is 841 g/mol. The van der Waals surface area contributed by atoms with E-state index in [1.54, 1.807) is 10.4 Å². The first-order valence-electron chi connectivity index (χ1n) is 24.3. The summed E-state index contributed by atoms with van der Waals surface area (Å²) < 4.78 is 16.9. The topological polar surface area (TPSA) is 18.5 Å². The Labute approximate surface area is 390 Å². The Morgan fingerprint density at radius 1 is 0.375 bits per heavy atom. The number of hydrogen-bond donors (Lipinski definition) is 0. The Kier molecular flexibility index (Phi) is 16.5. The molecule has 0 aliphatic carbocycles. The maximum absolute atomic E-state index is 8.47. The summed E-state index contributed by atoms with van der Waals surface area (Å²) in [5.41, 5.74) is 0. The molecule has 6 aromatic carbocycles. The Balaban J connectivity index is 1.64. The molecule has 6 aromatic rings. The van der Waals surface area contributed by atoms with Crippen LogP contribution in [0.25, 0.3) is 0 Å². The third-order valence-corrected chi connectivity index (χ3v) is 30.7. The van der Waals surface area contributed by atoms with Gasteiger partial charge in [0.2, 0.25) is 0 Å². The van der Waals surface area contributed by atoms with Crippen molar-refractivity contribution in [3.63, 3.8) is 0 Å². The molecule has 7 rings (SSSR count). The van der Waals surface area contributed by atoms with Crippen LogP contribution >= 0.6 is 0 Å². The molecule has 6 heteroatoms. The maximum atomic E-state index is 8.47. The van der Waals surface area contributed by atoms with E-state index in [4.69, 9.17) is 8.85 Å². The van der Waals surface area contributed by atoms with E-state index in [1.807, 2.05) is 0 Å². The Morgan fingerprint density at radius 2 is 0.641 bits per heavy atom. The first-order valence-corrected chi connectivity index (χ1v) is 34.1. The second-order valence-corrected chi connectivity index (χ2v) is 34.6. The summed E-state index contributed by atoms with van der Waals surface area (Å²) >= 11 is 0. The highest BCUT2D eigenvalue weighted by atomic mass is 28.4. The van der Waals surface area contributed by atoms with Crippen LogP contribution in [0.5, 0.6) is 0 Å². The van der Waals surface area contributed by atoms with Crippen LogP contribution < -0.4 is 31.1 Å². The van der Waals surface area contributed by atoms with E-state index in [9.17, 15) is 0 Å². The molecule has 1 aliphatic heterocycles. The largest absolute Gasteiger partial charge is 0.401 e. The van der Waals surface area contributed by atoms with Crippen LogP contribution in [-0.2, 0) is 8.85 Å². The summed E-state index contributed by atoms with van der Waals surface area (Å²) in [6, 6.07) is 68.5. The molecule has 332 valence electrons. The molecule has 2 nitrogen and oxygen atoms in total. The second kappa shape index (κ2) is 22.2. The van der Waals surface area contributed by atoms with Gasteiger partial charge in [0.15, 0.2) is 0 Å². The van der Waals surface area contributed by atoms with Crippen LogP contribution in [0.4, 0.5) is 0 Å². The maximum Gasteiger partial charge on any atom is 0.286 e. The molecule has 1 saturated heterocycles. The van der Waals surface area contributed by atoms with Gasteiger partial charge in [0.05, 0.1) is 13.2 Å². The highest BCUT2D eigenvalue weighted by Gasteiger charge is 2.54. The van der Waals surface area contributed by atoms with Crippen molar-refractivity contribution in [2.75, 3.05) is 13.2 Å². The van der Waals surface area contributed by atoms with E-state index < -0.39 is 32.8 Å². The monoisotopic (exact) mass is 912 g/mol. The van der Waals surface area contributed by atoms with Gasteiger partial charge in [-0.15, -0.1) is 0 Å². The zero-order chi connectivity index (χ0) is 44.9. The molecule has 0 saturated carbocycles. The van der Waals surface area contributed by atoms with E-state index in [0.717, 1.165) is 25.7 Å². The second-order valence-electron chi connectivity index (χ2n) is 18.9. The minimum absolute atomic E-state index is 0.526. The quantitative estimate of drug-likeness (QED) is 0.0632. The lowest BCUT2D eigenvalue weighted by atomic mass is 10.1. The van der Waals surface area contributed by atoms with Crippen molar-refractivity contribution >= 4 is 63.9 Å². The van der Waals surface area contributed by atoms with Gasteiger partial charge in [0.1, 0.15) is 16.1 Å². The van der Waals surface area contributed by atoms with E-state index in [-0.39, 0.29) is 0 Å². The van der Waals surface area contributed by atoms with Gasteiger partial charge in [0, 0.05) is 0 Å². The molecule has 0 atom stereocenters. The molecule has 0 bridgehead atoms. The Morgan fingerprint density at radius 3 is 0.906 bits per heavy atom. The fourth-order valence-electron chi connectivity index (χ4n) is 10.6. The Bertz CT molecular complexity index is 2150. The van der Waals surface area contributed by atoms with Gasteiger partial charge < -0.3 is 8.85 Å². The number of rotatable bonds is 18. The fourth-order valence-corrected chi connectivity index (χ4v) is 27.9. The van der Waals surface area contributed by atoms with Crippen LogP contribution in [0.2, 0.25) is 26.2 Å². The van der Waals surface area contributed by atoms with Crippen molar-refractivity contribution in [2.24, 2.45) is 0 Å². The van der Waals surface area contributed by atoms with Gasteiger partial charge in [0.25, 0.3) is 16.6 Å². The zero-order valence-electron chi connectivity index (χ0n) is 39.6. The zero-order valence-corrected chi connectivity index (χ0v) is 43.6. The molecule has 1 aliphatic rings. The minimum Gasteiger partial charge on any atom is -0.401 e. The number of unbranched alkanes of at least 4 members (excludes halogenated alkanes) is 6. The highest BCUT2D eigenvalue weighted by Crippen LogP contribution is 2.38. The molecule has 64 heavy (non-hydrogen) atoms. The molecule has 0 N–H and O–H groups in total. The van der Waals surface area contributed by atoms with Crippen molar-refractivity contribution in [3.8, 4) is 0 Å². The van der Waals surface area contributed by atoms with Crippen LogP contribution in [0, 0.1) is 0 Å².